The predicted octanol–water partition coefficient (Wildman–Crippen LogP) is 16.0. The van der Waals surface area contributed by atoms with Crippen LogP contribution in [0, 0.1) is 0 Å². The van der Waals surface area contributed by atoms with E-state index in [1.54, 1.807) is 0 Å². The van der Waals surface area contributed by atoms with Gasteiger partial charge in [-0.05, 0) is 121 Å². The zero-order valence-electron chi connectivity index (χ0n) is 30.6. The van der Waals surface area contributed by atoms with Crippen LogP contribution in [0.15, 0.2) is 212 Å². The van der Waals surface area contributed by atoms with Gasteiger partial charge in [-0.15, -0.1) is 11.3 Å². The van der Waals surface area contributed by atoms with Crippen LogP contribution >= 0.6 is 11.3 Å². The first kappa shape index (κ1) is 32.4. The van der Waals surface area contributed by atoms with Crippen molar-refractivity contribution in [3.8, 4) is 33.4 Å². The lowest BCUT2D eigenvalue weighted by atomic mass is 9.92. The SMILES string of the molecule is c1cc(-c2ccc3ccccc3c2)cc(N(c2ccc(-c3ccc4sc5ccccc5c4c3)cc2)c2ccccc2-c2cc3ccccc3c3ccccc23)c1. The first-order valence-electron chi connectivity index (χ1n) is 19.2. The minimum absolute atomic E-state index is 1.10. The zero-order valence-corrected chi connectivity index (χ0v) is 31.4. The van der Waals surface area contributed by atoms with Gasteiger partial charge in [0, 0.05) is 37.1 Å². The maximum atomic E-state index is 2.43. The number of benzene rings is 10. The first-order chi connectivity index (χ1) is 27.7. The number of thiophene rings is 1. The quantitative estimate of drug-likeness (QED) is 0.154. The van der Waals surface area contributed by atoms with Crippen LogP contribution in [-0.4, -0.2) is 0 Å². The van der Waals surface area contributed by atoms with Crippen LogP contribution in [-0.2, 0) is 0 Å². The molecule has 10 aromatic carbocycles. The fourth-order valence-electron chi connectivity index (χ4n) is 8.50. The van der Waals surface area contributed by atoms with Crippen molar-refractivity contribution in [2.75, 3.05) is 4.90 Å². The fraction of sp³-hybridized carbons (Fsp3) is 0. The number of rotatable bonds is 6. The topological polar surface area (TPSA) is 3.24 Å². The Labute approximate surface area is 330 Å². The Bertz CT molecular complexity index is 3260. The van der Waals surface area contributed by atoms with Gasteiger partial charge in [-0.2, -0.15) is 0 Å². The van der Waals surface area contributed by atoms with Gasteiger partial charge in [0.25, 0.3) is 0 Å². The maximum absolute atomic E-state index is 2.43. The fourth-order valence-corrected chi connectivity index (χ4v) is 9.59. The molecule has 0 radical (unpaired) electrons. The Morgan fingerprint density at radius 1 is 0.286 bits per heavy atom. The number of nitrogens with zero attached hydrogens (tertiary/aromatic N) is 1. The van der Waals surface area contributed by atoms with Crippen LogP contribution in [0.2, 0.25) is 0 Å². The lowest BCUT2D eigenvalue weighted by Crippen LogP contribution is -2.11. The van der Waals surface area contributed by atoms with Gasteiger partial charge in [-0.3, -0.25) is 0 Å². The van der Waals surface area contributed by atoms with Crippen molar-refractivity contribution in [3.05, 3.63) is 212 Å². The second kappa shape index (κ2) is 13.4. The van der Waals surface area contributed by atoms with Crippen LogP contribution in [0.4, 0.5) is 17.1 Å². The Kier molecular flexibility index (Phi) is 7.75. The molecule has 0 saturated carbocycles. The predicted molar refractivity (Wildman–Crippen MR) is 243 cm³/mol. The average Bonchev–Trinajstić information content (AvgIpc) is 3.65. The zero-order chi connectivity index (χ0) is 37.0. The molecule has 1 aromatic heterocycles. The summed E-state index contributed by atoms with van der Waals surface area (Å²) in [5.41, 5.74) is 10.5. The Balaban J connectivity index is 1.09. The van der Waals surface area contributed by atoms with E-state index in [-0.39, 0.29) is 0 Å². The lowest BCUT2D eigenvalue weighted by molar-refractivity contribution is 1.28. The van der Waals surface area contributed by atoms with Gasteiger partial charge < -0.3 is 4.90 Å². The van der Waals surface area contributed by atoms with Crippen molar-refractivity contribution in [2.24, 2.45) is 0 Å². The molecule has 0 bridgehead atoms. The summed E-state index contributed by atoms with van der Waals surface area (Å²) in [5, 5.41) is 10.1. The minimum Gasteiger partial charge on any atom is -0.310 e. The van der Waals surface area contributed by atoms with E-state index in [9.17, 15) is 0 Å². The molecule has 0 N–H and O–H groups in total. The standard InChI is InChI=1S/C54H35NS/c1-2-13-38-32-40(25-24-36(38)12-1)39-15-11-16-44(33-39)55(43-29-26-37(27-30-43)41-28-31-54-51(34-41)49-21-8-10-23-53(49)56-54)52-22-9-7-20-48(52)50-35-42-14-3-4-17-45(42)46-18-5-6-19-47(46)50/h1-35H. The molecule has 0 fully saturated rings. The van der Waals surface area contributed by atoms with E-state index in [2.05, 4.69) is 217 Å². The highest BCUT2D eigenvalue weighted by molar-refractivity contribution is 7.25. The Morgan fingerprint density at radius 3 is 1.79 bits per heavy atom. The number of para-hydroxylation sites is 1. The smallest absolute Gasteiger partial charge is 0.0540 e. The lowest BCUT2D eigenvalue weighted by Gasteiger charge is -2.29. The molecule has 0 spiro atoms. The van der Waals surface area contributed by atoms with Crippen molar-refractivity contribution in [1.82, 2.24) is 0 Å². The molecule has 262 valence electrons. The van der Waals surface area contributed by atoms with Gasteiger partial charge >= 0.3 is 0 Å². The van der Waals surface area contributed by atoms with Crippen LogP contribution in [0.25, 0.3) is 85.9 Å². The normalized spacial score (nSPS) is 11.6. The maximum Gasteiger partial charge on any atom is 0.0540 e. The van der Waals surface area contributed by atoms with E-state index < -0.39 is 0 Å². The van der Waals surface area contributed by atoms with Crippen LogP contribution < -0.4 is 4.90 Å². The second-order valence-electron chi connectivity index (χ2n) is 14.5. The largest absolute Gasteiger partial charge is 0.310 e. The van der Waals surface area contributed by atoms with Gasteiger partial charge in [0.15, 0.2) is 0 Å². The Morgan fingerprint density at radius 2 is 0.911 bits per heavy atom. The summed E-state index contributed by atoms with van der Waals surface area (Å²) in [7, 11) is 0. The summed E-state index contributed by atoms with van der Waals surface area (Å²) in [5.74, 6) is 0. The van der Waals surface area contributed by atoms with Crippen LogP contribution in [0.1, 0.15) is 0 Å². The van der Waals surface area contributed by atoms with Gasteiger partial charge in [0.2, 0.25) is 0 Å². The van der Waals surface area contributed by atoms with E-state index in [4.69, 9.17) is 0 Å². The minimum atomic E-state index is 1.10. The number of hydrogen-bond acceptors (Lipinski definition) is 2. The summed E-state index contributed by atoms with van der Waals surface area (Å²) in [6.07, 6.45) is 0. The molecule has 2 heteroatoms. The van der Waals surface area contributed by atoms with Crippen LogP contribution in [0.5, 0.6) is 0 Å². The van der Waals surface area contributed by atoms with Gasteiger partial charge in [0.05, 0.1) is 5.69 Å². The first-order valence-corrected chi connectivity index (χ1v) is 20.0. The summed E-state index contributed by atoms with van der Waals surface area (Å²) in [6.45, 7) is 0. The third-order valence-corrected chi connectivity index (χ3v) is 12.4. The van der Waals surface area contributed by atoms with Crippen molar-refractivity contribution in [1.29, 1.82) is 0 Å². The summed E-state index contributed by atoms with van der Waals surface area (Å²) < 4.78 is 2.65. The van der Waals surface area contributed by atoms with E-state index in [0.29, 0.717) is 0 Å². The summed E-state index contributed by atoms with van der Waals surface area (Å²) in [6, 6.07) is 77.9. The molecular formula is C54H35NS. The van der Waals surface area contributed by atoms with Crippen molar-refractivity contribution < 1.29 is 0 Å². The molecule has 0 aliphatic carbocycles. The highest BCUT2D eigenvalue weighted by Crippen LogP contribution is 2.45. The Hall–Kier alpha value is -7.00. The monoisotopic (exact) mass is 729 g/mol. The highest BCUT2D eigenvalue weighted by atomic mass is 32.1. The number of fused-ring (bicyclic) bond motifs is 7. The molecular weight excluding hydrogens is 695 g/mol. The number of anilines is 3. The summed E-state index contributed by atoms with van der Waals surface area (Å²) >= 11 is 1.86. The molecule has 0 unspecified atom stereocenters. The molecule has 0 amide bonds. The molecule has 56 heavy (non-hydrogen) atoms. The van der Waals surface area contributed by atoms with Gasteiger partial charge in [-0.25, -0.2) is 0 Å². The second-order valence-corrected chi connectivity index (χ2v) is 15.6. The molecule has 1 heterocycles. The molecule has 0 aliphatic rings. The van der Waals surface area contributed by atoms with Crippen molar-refractivity contribution >= 4 is 80.9 Å². The molecule has 0 saturated heterocycles. The molecule has 1 nitrogen and oxygen atoms in total. The third kappa shape index (κ3) is 5.54. The molecule has 11 aromatic rings. The van der Waals surface area contributed by atoms with Crippen LogP contribution in [0.3, 0.4) is 0 Å². The van der Waals surface area contributed by atoms with Gasteiger partial charge in [-0.1, -0.05) is 152 Å². The molecule has 0 aliphatic heterocycles. The van der Waals surface area contributed by atoms with E-state index in [1.807, 2.05) is 11.3 Å². The van der Waals surface area contributed by atoms with E-state index in [0.717, 1.165) is 17.1 Å². The highest BCUT2D eigenvalue weighted by Gasteiger charge is 2.20. The van der Waals surface area contributed by atoms with Crippen molar-refractivity contribution in [3.63, 3.8) is 0 Å². The van der Waals surface area contributed by atoms with E-state index in [1.165, 1.54) is 85.9 Å². The molecule has 0 atom stereocenters. The number of hydrogen-bond donors (Lipinski definition) is 0. The van der Waals surface area contributed by atoms with Crippen molar-refractivity contribution in [2.45, 2.75) is 0 Å². The average molecular weight is 730 g/mol. The summed E-state index contributed by atoms with van der Waals surface area (Å²) in [4.78, 5) is 2.43. The molecule has 11 rings (SSSR count). The third-order valence-electron chi connectivity index (χ3n) is 11.2. The van der Waals surface area contributed by atoms with Gasteiger partial charge in [0.1, 0.15) is 0 Å². The van der Waals surface area contributed by atoms with E-state index >= 15 is 0 Å².